The number of piperidine rings is 1. The zero-order valence-corrected chi connectivity index (χ0v) is 15.8. The van der Waals surface area contributed by atoms with Crippen LogP contribution in [-0.2, 0) is 0 Å². The number of nitrogens with one attached hydrogen (secondary N) is 1. The van der Waals surface area contributed by atoms with E-state index in [4.69, 9.17) is 15.2 Å². The molecule has 0 radical (unpaired) electrons. The number of guanidine groups is 1. The van der Waals surface area contributed by atoms with Crippen molar-refractivity contribution in [3.8, 4) is 11.5 Å². The molecule has 0 bridgehead atoms. The maximum atomic E-state index is 5.96. The Morgan fingerprint density at radius 3 is 2.60 bits per heavy atom. The molecule has 1 heterocycles. The number of methoxy groups -OCH3 is 2. The van der Waals surface area contributed by atoms with Crippen molar-refractivity contribution in [2.75, 3.05) is 45.7 Å². The predicted octanol–water partition coefficient (Wildman–Crippen LogP) is 2.94. The largest absolute Gasteiger partial charge is 0.493 e. The molecular weight excluding hydrogens is 316 g/mol. The monoisotopic (exact) mass is 348 g/mol. The number of anilines is 1. The fourth-order valence-electron chi connectivity index (χ4n) is 3.03. The van der Waals surface area contributed by atoms with E-state index in [9.17, 15) is 0 Å². The van der Waals surface area contributed by atoms with Crippen LogP contribution in [0.1, 0.15) is 32.6 Å². The molecule has 0 spiro atoms. The number of unbranched alkanes of at least 4 members (excludes halogenated alkanes) is 1. The van der Waals surface area contributed by atoms with Gasteiger partial charge >= 0.3 is 0 Å². The summed E-state index contributed by atoms with van der Waals surface area (Å²) in [6, 6.07) is 5.58. The van der Waals surface area contributed by atoms with Gasteiger partial charge in [0.1, 0.15) is 0 Å². The molecule has 6 nitrogen and oxygen atoms in total. The highest BCUT2D eigenvalue weighted by atomic mass is 16.5. The minimum absolute atomic E-state index is 0.430. The van der Waals surface area contributed by atoms with Crippen molar-refractivity contribution in [2.45, 2.75) is 32.6 Å². The van der Waals surface area contributed by atoms with Gasteiger partial charge in [-0.15, -0.1) is 0 Å². The SMILES string of the molecule is COc1ccc(NC(N)=NCCCCN2CCC(C)CC2)cc1OC. The van der Waals surface area contributed by atoms with Crippen LogP contribution in [0.5, 0.6) is 11.5 Å². The average Bonchev–Trinajstić information content (AvgIpc) is 2.62. The summed E-state index contributed by atoms with van der Waals surface area (Å²) in [5.74, 6) is 2.68. The number of hydrogen-bond acceptors (Lipinski definition) is 4. The van der Waals surface area contributed by atoms with Crippen molar-refractivity contribution < 1.29 is 9.47 Å². The molecule has 1 aliphatic rings. The van der Waals surface area contributed by atoms with Crippen LogP contribution in [0.3, 0.4) is 0 Å². The van der Waals surface area contributed by atoms with Gasteiger partial charge in [-0.3, -0.25) is 4.99 Å². The maximum Gasteiger partial charge on any atom is 0.193 e. The molecule has 0 unspecified atom stereocenters. The molecule has 3 N–H and O–H groups in total. The lowest BCUT2D eigenvalue weighted by atomic mass is 9.99. The molecule has 0 atom stereocenters. The van der Waals surface area contributed by atoms with E-state index in [2.05, 4.69) is 22.1 Å². The first-order chi connectivity index (χ1) is 12.1. The minimum atomic E-state index is 0.430. The molecule has 1 saturated heterocycles. The van der Waals surface area contributed by atoms with Crippen molar-refractivity contribution in [1.29, 1.82) is 0 Å². The highest BCUT2D eigenvalue weighted by molar-refractivity contribution is 5.92. The summed E-state index contributed by atoms with van der Waals surface area (Å²) in [6.07, 6.45) is 4.89. The first kappa shape index (κ1) is 19.4. The zero-order valence-electron chi connectivity index (χ0n) is 15.8. The van der Waals surface area contributed by atoms with Crippen LogP contribution in [0.25, 0.3) is 0 Å². The smallest absolute Gasteiger partial charge is 0.193 e. The number of hydrogen-bond donors (Lipinski definition) is 2. The van der Waals surface area contributed by atoms with E-state index in [-0.39, 0.29) is 0 Å². The summed E-state index contributed by atoms with van der Waals surface area (Å²) in [5.41, 5.74) is 6.80. The summed E-state index contributed by atoms with van der Waals surface area (Å²) in [4.78, 5) is 6.97. The second-order valence-electron chi connectivity index (χ2n) is 6.69. The van der Waals surface area contributed by atoms with Crippen LogP contribution in [0, 0.1) is 5.92 Å². The quantitative estimate of drug-likeness (QED) is 0.429. The highest BCUT2D eigenvalue weighted by Gasteiger charge is 2.14. The molecule has 0 amide bonds. The molecular formula is C19H32N4O2. The van der Waals surface area contributed by atoms with Crippen LogP contribution in [0.2, 0.25) is 0 Å². The van der Waals surface area contributed by atoms with Gasteiger partial charge in [0.25, 0.3) is 0 Å². The molecule has 0 aliphatic carbocycles. The molecule has 2 rings (SSSR count). The van der Waals surface area contributed by atoms with E-state index >= 15 is 0 Å². The second-order valence-corrected chi connectivity index (χ2v) is 6.69. The number of ether oxygens (including phenoxy) is 2. The molecule has 0 saturated carbocycles. The van der Waals surface area contributed by atoms with Crippen molar-refractivity contribution in [3.05, 3.63) is 18.2 Å². The lowest BCUT2D eigenvalue weighted by molar-refractivity contribution is 0.190. The first-order valence-corrected chi connectivity index (χ1v) is 9.13. The molecule has 25 heavy (non-hydrogen) atoms. The van der Waals surface area contributed by atoms with Gasteiger partial charge in [0.2, 0.25) is 0 Å². The van der Waals surface area contributed by atoms with Crippen LogP contribution in [0.4, 0.5) is 5.69 Å². The van der Waals surface area contributed by atoms with Crippen molar-refractivity contribution in [2.24, 2.45) is 16.6 Å². The Hall–Kier alpha value is -1.95. The molecule has 1 fully saturated rings. The van der Waals surface area contributed by atoms with Crippen LogP contribution in [0.15, 0.2) is 23.2 Å². The second kappa shape index (κ2) is 10.1. The van der Waals surface area contributed by atoms with E-state index in [1.165, 1.54) is 38.9 Å². The first-order valence-electron chi connectivity index (χ1n) is 9.13. The van der Waals surface area contributed by atoms with Crippen molar-refractivity contribution >= 4 is 11.6 Å². The van der Waals surface area contributed by atoms with Crippen molar-refractivity contribution in [3.63, 3.8) is 0 Å². The van der Waals surface area contributed by atoms with Gasteiger partial charge in [-0.1, -0.05) is 6.92 Å². The number of nitrogens with zero attached hydrogens (tertiary/aromatic N) is 2. The van der Waals surface area contributed by atoms with Gasteiger partial charge in [0.05, 0.1) is 14.2 Å². The molecule has 6 heteroatoms. The number of likely N-dealkylation sites (tertiary alicyclic amines) is 1. The van der Waals surface area contributed by atoms with E-state index < -0.39 is 0 Å². The van der Waals surface area contributed by atoms with Gasteiger partial charge in [-0.05, 0) is 63.4 Å². The molecule has 140 valence electrons. The number of nitrogens with two attached hydrogens (primary N) is 1. The minimum Gasteiger partial charge on any atom is -0.493 e. The third kappa shape index (κ3) is 6.46. The summed E-state index contributed by atoms with van der Waals surface area (Å²) >= 11 is 0. The number of benzene rings is 1. The molecule has 1 aromatic rings. The van der Waals surface area contributed by atoms with Gasteiger partial charge in [0, 0.05) is 18.3 Å². The maximum absolute atomic E-state index is 5.96. The predicted molar refractivity (Wildman–Crippen MR) is 104 cm³/mol. The summed E-state index contributed by atoms with van der Waals surface area (Å²) in [6.45, 7) is 6.75. The van der Waals surface area contributed by atoms with Gasteiger partial charge < -0.3 is 25.4 Å². The highest BCUT2D eigenvalue weighted by Crippen LogP contribution is 2.29. The van der Waals surface area contributed by atoms with Crippen LogP contribution >= 0.6 is 0 Å². The standard InChI is InChI=1S/C19H32N4O2/c1-15-8-12-23(13-9-15)11-5-4-10-21-19(20)22-16-6-7-17(24-2)18(14-16)25-3/h6-7,14-15H,4-5,8-13H2,1-3H3,(H3,20,21,22). The Morgan fingerprint density at radius 2 is 1.92 bits per heavy atom. The normalized spacial score (nSPS) is 16.7. The Kier molecular flexibility index (Phi) is 7.85. The third-order valence-electron chi connectivity index (χ3n) is 4.70. The van der Waals surface area contributed by atoms with Gasteiger partial charge in [-0.2, -0.15) is 0 Å². The summed E-state index contributed by atoms with van der Waals surface area (Å²) in [7, 11) is 3.23. The van der Waals surface area contributed by atoms with Crippen LogP contribution < -0.4 is 20.5 Å². The molecule has 1 aromatic carbocycles. The van der Waals surface area contributed by atoms with E-state index in [0.717, 1.165) is 24.6 Å². The van der Waals surface area contributed by atoms with E-state index in [0.29, 0.717) is 17.5 Å². The summed E-state index contributed by atoms with van der Waals surface area (Å²) in [5, 5.41) is 3.09. The lowest BCUT2D eigenvalue weighted by Gasteiger charge is -2.30. The Bertz CT molecular complexity index is 554. The Labute approximate surface area is 151 Å². The summed E-state index contributed by atoms with van der Waals surface area (Å²) < 4.78 is 10.5. The Morgan fingerprint density at radius 1 is 1.20 bits per heavy atom. The number of aliphatic imine (C=N–C) groups is 1. The topological polar surface area (TPSA) is 72.1 Å². The average molecular weight is 348 g/mol. The van der Waals surface area contributed by atoms with Crippen LogP contribution in [-0.4, -0.2) is 51.3 Å². The van der Waals surface area contributed by atoms with Crippen molar-refractivity contribution in [1.82, 2.24) is 4.90 Å². The van der Waals surface area contributed by atoms with Gasteiger partial charge in [-0.25, -0.2) is 0 Å². The third-order valence-corrected chi connectivity index (χ3v) is 4.70. The fraction of sp³-hybridized carbons (Fsp3) is 0.632. The molecule has 0 aromatic heterocycles. The fourth-order valence-corrected chi connectivity index (χ4v) is 3.03. The lowest BCUT2D eigenvalue weighted by Crippen LogP contribution is -2.33. The Balaban J connectivity index is 1.69. The zero-order chi connectivity index (χ0) is 18.1. The van der Waals surface area contributed by atoms with E-state index in [1.807, 2.05) is 18.2 Å². The number of rotatable bonds is 8. The molecule has 1 aliphatic heterocycles. The van der Waals surface area contributed by atoms with E-state index in [1.54, 1.807) is 14.2 Å². The van der Waals surface area contributed by atoms with Gasteiger partial charge in [0.15, 0.2) is 17.5 Å².